The number of rotatable bonds is 24. The van der Waals surface area contributed by atoms with Gasteiger partial charge in [0, 0.05) is 20.3 Å². The van der Waals surface area contributed by atoms with E-state index in [1.165, 1.54) is 14.2 Å². The van der Waals surface area contributed by atoms with E-state index in [-0.39, 0.29) is 39.6 Å². The van der Waals surface area contributed by atoms with Crippen LogP contribution < -0.4 is 25.8 Å². The van der Waals surface area contributed by atoms with Crippen molar-refractivity contribution in [2.75, 3.05) is 27.8 Å². The fourth-order valence-electron chi connectivity index (χ4n) is 6.72. The molecule has 0 saturated carbocycles. The molecule has 4 amide bonds. The minimum atomic E-state index is -1.87. The van der Waals surface area contributed by atoms with Crippen molar-refractivity contribution in [3.63, 3.8) is 0 Å². The van der Waals surface area contributed by atoms with Crippen LogP contribution in [-0.2, 0) is 54.6 Å². The summed E-state index contributed by atoms with van der Waals surface area (Å²) < 4.78 is 32.0. The highest BCUT2D eigenvalue weighted by Gasteiger charge is 2.45. The van der Waals surface area contributed by atoms with Gasteiger partial charge in [0.2, 0.25) is 0 Å². The normalized spacial score (nSPS) is 14.0. The number of aliphatic hydroxyl groups is 2. The van der Waals surface area contributed by atoms with Crippen LogP contribution in [-0.4, -0.2) is 103 Å². The number of alkyl carbamates (subject to hydrolysis) is 2. The van der Waals surface area contributed by atoms with Crippen LogP contribution in [0.4, 0.5) is 9.59 Å². The molecular weight excluding hydrogens is 825 g/mol. The standard InChI is InChI=1S/C48H62N4O12/c1-31(2)41(50-47(57)61-27-35-13-9-7-10-14-35)45(55)52(46(56)42(32(3)4)51-48(58)62-28-36-15-11-8-12-16-36)40(26-34-19-23-38(24-20-34)64-30-60-6)44(54)43(53)39(49)25-33-17-21-37(22-18-33)63-29-59-5/h7-24,31-32,39-44,53-54H,25-30,49H2,1-6H3,(H,50,57)(H,51,58)/t39-,40-,41-,42-,43+,44+/m0/s1. The second kappa shape index (κ2) is 25.9. The van der Waals surface area contributed by atoms with E-state index in [0.717, 1.165) is 4.90 Å². The number of amides is 4. The number of nitrogens with two attached hydrogens (primary N) is 1. The summed E-state index contributed by atoms with van der Waals surface area (Å²) in [6.07, 6.45) is -5.58. The van der Waals surface area contributed by atoms with E-state index < -0.39 is 72.2 Å². The molecule has 4 aromatic carbocycles. The molecule has 0 radical (unpaired) electrons. The zero-order valence-electron chi connectivity index (χ0n) is 37.3. The van der Waals surface area contributed by atoms with Crippen molar-refractivity contribution in [3.05, 3.63) is 131 Å². The molecule has 0 aliphatic heterocycles. The van der Waals surface area contributed by atoms with Crippen molar-refractivity contribution in [1.29, 1.82) is 0 Å². The zero-order chi connectivity index (χ0) is 46.6. The van der Waals surface area contributed by atoms with Crippen molar-refractivity contribution in [1.82, 2.24) is 15.5 Å². The quantitative estimate of drug-likeness (QED) is 0.0579. The average Bonchev–Trinajstić information content (AvgIpc) is 3.30. The number of hydrogen-bond acceptors (Lipinski definition) is 13. The Kier molecular flexibility index (Phi) is 20.5. The van der Waals surface area contributed by atoms with E-state index in [0.29, 0.717) is 33.8 Å². The van der Waals surface area contributed by atoms with Crippen LogP contribution >= 0.6 is 0 Å². The van der Waals surface area contributed by atoms with E-state index >= 15 is 9.59 Å². The Morgan fingerprint density at radius 3 is 1.33 bits per heavy atom. The summed E-state index contributed by atoms with van der Waals surface area (Å²) in [6, 6.07) is 26.0. The molecule has 0 unspecified atom stereocenters. The fraction of sp³-hybridized carbons (Fsp3) is 0.417. The molecule has 0 spiro atoms. The number of methoxy groups -OCH3 is 2. The Balaban J connectivity index is 1.76. The van der Waals surface area contributed by atoms with Gasteiger partial charge >= 0.3 is 12.2 Å². The topological polar surface area (TPSA) is 217 Å². The lowest BCUT2D eigenvalue weighted by atomic mass is 9.89. The first-order valence-corrected chi connectivity index (χ1v) is 21.1. The van der Waals surface area contributed by atoms with Gasteiger partial charge in [-0.05, 0) is 71.2 Å². The lowest BCUT2D eigenvalue weighted by molar-refractivity contribution is -0.157. The number of carbonyl (C=O) groups is 4. The first-order chi connectivity index (χ1) is 30.7. The molecule has 4 rings (SSSR count). The fourth-order valence-corrected chi connectivity index (χ4v) is 6.72. The third kappa shape index (κ3) is 15.6. The Hall–Kier alpha value is -6.04. The van der Waals surface area contributed by atoms with E-state index in [9.17, 15) is 19.8 Å². The molecule has 16 heteroatoms. The maximum Gasteiger partial charge on any atom is 0.408 e. The molecule has 64 heavy (non-hydrogen) atoms. The van der Waals surface area contributed by atoms with Crippen molar-refractivity contribution >= 4 is 24.0 Å². The van der Waals surface area contributed by atoms with Gasteiger partial charge in [-0.15, -0.1) is 0 Å². The van der Waals surface area contributed by atoms with Crippen molar-refractivity contribution in [2.24, 2.45) is 17.6 Å². The van der Waals surface area contributed by atoms with Gasteiger partial charge < -0.3 is 55.0 Å². The predicted molar refractivity (Wildman–Crippen MR) is 238 cm³/mol. The maximum atomic E-state index is 15.2. The molecule has 0 saturated heterocycles. The number of benzene rings is 4. The number of imide groups is 1. The third-order valence-electron chi connectivity index (χ3n) is 10.3. The summed E-state index contributed by atoms with van der Waals surface area (Å²) in [6.45, 7) is 6.51. The highest BCUT2D eigenvalue weighted by atomic mass is 16.7. The third-order valence-corrected chi connectivity index (χ3v) is 10.3. The Morgan fingerprint density at radius 2 is 0.953 bits per heavy atom. The smallest absolute Gasteiger partial charge is 0.408 e. The Labute approximate surface area is 374 Å². The molecule has 0 aliphatic rings. The Bertz CT molecular complexity index is 1940. The molecule has 6 N–H and O–H groups in total. The molecule has 0 aliphatic carbocycles. The van der Waals surface area contributed by atoms with Crippen LogP contribution in [0.3, 0.4) is 0 Å². The molecule has 0 heterocycles. The number of hydrogen-bond donors (Lipinski definition) is 5. The summed E-state index contributed by atoms with van der Waals surface area (Å²) in [5, 5.41) is 29.4. The van der Waals surface area contributed by atoms with Crippen molar-refractivity contribution in [2.45, 2.75) is 90.1 Å². The molecule has 346 valence electrons. The molecular formula is C48H62N4O12. The number of nitrogens with one attached hydrogen (secondary N) is 2. The van der Waals surface area contributed by atoms with Gasteiger partial charge in [0.1, 0.15) is 42.9 Å². The molecule has 0 bridgehead atoms. The Morgan fingerprint density at radius 1 is 0.562 bits per heavy atom. The molecule has 4 aromatic rings. The average molecular weight is 887 g/mol. The lowest BCUT2D eigenvalue weighted by Gasteiger charge is -2.40. The van der Waals surface area contributed by atoms with Gasteiger partial charge in [-0.3, -0.25) is 14.5 Å². The molecule has 6 atom stereocenters. The van der Waals surface area contributed by atoms with Crippen molar-refractivity contribution < 1.29 is 57.8 Å². The second-order valence-corrected chi connectivity index (χ2v) is 15.9. The van der Waals surface area contributed by atoms with E-state index in [1.807, 2.05) is 12.1 Å². The first kappa shape index (κ1) is 50.6. The number of aliphatic hydroxyl groups excluding tert-OH is 2. The number of nitrogens with zero attached hydrogens (tertiary/aromatic N) is 1. The zero-order valence-corrected chi connectivity index (χ0v) is 37.3. The first-order valence-electron chi connectivity index (χ1n) is 21.1. The lowest BCUT2D eigenvalue weighted by Crippen LogP contribution is -2.65. The summed E-state index contributed by atoms with van der Waals surface area (Å²) in [4.78, 5) is 57.9. The SMILES string of the molecule is COCOc1ccc(C[C@H](N)[C@@H](O)[C@H](O)[C@H](Cc2ccc(OCOC)cc2)N(C(=O)[C@@H](NC(=O)OCc2ccccc2)C(C)C)C(=O)[C@@H](NC(=O)OCc2ccccc2)C(C)C)cc1. The van der Waals surface area contributed by atoms with Gasteiger partial charge in [-0.25, -0.2) is 9.59 Å². The largest absolute Gasteiger partial charge is 0.468 e. The molecule has 16 nitrogen and oxygen atoms in total. The van der Waals surface area contributed by atoms with Crippen LogP contribution in [0.5, 0.6) is 11.5 Å². The van der Waals surface area contributed by atoms with Crippen molar-refractivity contribution in [3.8, 4) is 11.5 Å². The molecule has 0 aromatic heterocycles. The van der Waals surface area contributed by atoms with Gasteiger partial charge in [-0.2, -0.15) is 0 Å². The number of carbonyl (C=O) groups excluding carboxylic acids is 4. The minimum Gasteiger partial charge on any atom is -0.468 e. The highest BCUT2D eigenvalue weighted by molar-refractivity contribution is 6.02. The van der Waals surface area contributed by atoms with E-state index in [2.05, 4.69) is 10.6 Å². The minimum absolute atomic E-state index is 0.0147. The summed E-state index contributed by atoms with van der Waals surface area (Å²) >= 11 is 0. The second-order valence-electron chi connectivity index (χ2n) is 15.9. The van der Waals surface area contributed by atoms with Crippen LogP contribution in [0, 0.1) is 11.8 Å². The van der Waals surface area contributed by atoms with Crippen LogP contribution in [0.1, 0.15) is 49.9 Å². The molecule has 0 fully saturated rings. The highest BCUT2D eigenvalue weighted by Crippen LogP contribution is 2.25. The predicted octanol–water partition coefficient (Wildman–Crippen LogP) is 5.11. The van der Waals surface area contributed by atoms with Gasteiger partial charge in [0.25, 0.3) is 11.8 Å². The van der Waals surface area contributed by atoms with Gasteiger partial charge in [0.05, 0.1) is 12.1 Å². The van der Waals surface area contributed by atoms with Crippen LogP contribution in [0.2, 0.25) is 0 Å². The van der Waals surface area contributed by atoms with E-state index in [1.54, 1.807) is 125 Å². The summed E-state index contributed by atoms with van der Waals surface area (Å²) in [7, 11) is 2.99. The number of ether oxygens (including phenoxy) is 6. The van der Waals surface area contributed by atoms with Gasteiger partial charge in [-0.1, -0.05) is 113 Å². The maximum absolute atomic E-state index is 15.2. The monoisotopic (exact) mass is 886 g/mol. The van der Waals surface area contributed by atoms with E-state index in [4.69, 9.17) is 34.2 Å². The van der Waals surface area contributed by atoms with Crippen LogP contribution in [0.25, 0.3) is 0 Å². The summed E-state index contributed by atoms with van der Waals surface area (Å²) in [5.74, 6) is -2.13. The summed E-state index contributed by atoms with van der Waals surface area (Å²) in [5.41, 5.74) is 9.24. The van der Waals surface area contributed by atoms with Gasteiger partial charge in [0.15, 0.2) is 13.6 Å². The van der Waals surface area contributed by atoms with Crippen LogP contribution in [0.15, 0.2) is 109 Å².